The number of carboxylic acids is 1. The van der Waals surface area contributed by atoms with E-state index in [1.54, 1.807) is 19.1 Å². The molecule has 0 amide bonds. The van der Waals surface area contributed by atoms with Crippen LogP contribution in [-0.2, 0) is 0 Å². The van der Waals surface area contributed by atoms with Gasteiger partial charge >= 0.3 is 5.97 Å². The molecular weight excluding hydrogens is 215 g/mol. The van der Waals surface area contributed by atoms with E-state index in [2.05, 4.69) is 0 Å². The molecule has 0 fully saturated rings. The molecule has 1 N–H and O–H groups in total. The van der Waals surface area contributed by atoms with Crippen molar-refractivity contribution in [2.75, 3.05) is 19.9 Å². The van der Waals surface area contributed by atoms with Gasteiger partial charge in [0.1, 0.15) is 18.8 Å². The van der Waals surface area contributed by atoms with Gasteiger partial charge in [-0.15, -0.1) is 0 Å². The summed E-state index contributed by atoms with van der Waals surface area (Å²) in [6, 6.07) is 4.53. The second-order valence-electron chi connectivity index (χ2n) is 2.91. The molecule has 0 aliphatic carbocycles. The van der Waals surface area contributed by atoms with Crippen LogP contribution in [0.3, 0.4) is 0 Å². The van der Waals surface area contributed by atoms with Gasteiger partial charge in [-0.3, -0.25) is 0 Å². The Hall–Kier alpha value is -1.78. The summed E-state index contributed by atoms with van der Waals surface area (Å²) >= 11 is 0. The second kappa shape index (κ2) is 5.95. The molecule has 0 atom stereocenters. The maximum atomic E-state index is 12.0. The molecule has 0 aliphatic heterocycles. The Morgan fingerprint density at radius 2 is 2.19 bits per heavy atom. The largest absolute Gasteiger partial charge is 0.490 e. The molecule has 1 aromatic carbocycles. The molecule has 4 nitrogen and oxygen atoms in total. The molecule has 0 bridgehead atoms. The number of carboxylic acid groups (broad SMARTS) is 1. The number of rotatable bonds is 6. The van der Waals surface area contributed by atoms with Crippen LogP contribution in [0.2, 0.25) is 0 Å². The summed E-state index contributed by atoms with van der Waals surface area (Å²) in [6.45, 7) is 1.28. The van der Waals surface area contributed by atoms with E-state index < -0.39 is 12.6 Å². The summed E-state index contributed by atoms with van der Waals surface area (Å²) in [7, 11) is 0. The molecule has 0 radical (unpaired) electrons. The lowest BCUT2D eigenvalue weighted by Gasteiger charge is -2.12. The Bertz CT molecular complexity index is 365. The van der Waals surface area contributed by atoms with Crippen molar-refractivity contribution in [3.05, 3.63) is 23.8 Å². The van der Waals surface area contributed by atoms with E-state index in [0.717, 1.165) is 0 Å². The molecule has 0 heterocycles. The first kappa shape index (κ1) is 12.3. The standard InChI is InChI=1S/C11H13FO4/c1-2-15-9-5-3-4-8(11(13)14)10(9)16-7-6-12/h3-5H,2,6-7H2,1H3,(H,13,14). The lowest BCUT2D eigenvalue weighted by Crippen LogP contribution is -2.07. The molecule has 1 rings (SSSR count). The summed E-state index contributed by atoms with van der Waals surface area (Å²) in [5, 5.41) is 8.93. The normalized spacial score (nSPS) is 9.88. The van der Waals surface area contributed by atoms with Crippen LogP contribution in [0.15, 0.2) is 18.2 Å². The zero-order valence-corrected chi connectivity index (χ0v) is 8.90. The van der Waals surface area contributed by atoms with Crippen LogP contribution >= 0.6 is 0 Å². The highest BCUT2D eigenvalue weighted by molar-refractivity contribution is 5.92. The van der Waals surface area contributed by atoms with Crippen molar-refractivity contribution in [3.8, 4) is 11.5 Å². The van der Waals surface area contributed by atoms with Crippen molar-refractivity contribution in [2.24, 2.45) is 0 Å². The average Bonchev–Trinajstić information content (AvgIpc) is 2.27. The Morgan fingerprint density at radius 1 is 1.44 bits per heavy atom. The summed E-state index contributed by atoms with van der Waals surface area (Å²) in [6.07, 6.45) is 0. The number of carbonyl (C=O) groups is 1. The molecule has 0 aromatic heterocycles. The third-order valence-corrected chi connectivity index (χ3v) is 1.83. The lowest BCUT2D eigenvalue weighted by molar-refractivity contribution is 0.0690. The van der Waals surface area contributed by atoms with E-state index in [1.165, 1.54) is 6.07 Å². The number of para-hydroxylation sites is 1. The number of hydrogen-bond donors (Lipinski definition) is 1. The second-order valence-corrected chi connectivity index (χ2v) is 2.91. The van der Waals surface area contributed by atoms with Crippen LogP contribution in [-0.4, -0.2) is 31.0 Å². The van der Waals surface area contributed by atoms with Crippen LogP contribution in [0, 0.1) is 0 Å². The molecular formula is C11H13FO4. The van der Waals surface area contributed by atoms with E-state index in [-0.39, 0.29) is 17.9 Å². The minimum Gasteiger partial charge on any atom is -0.490 e. The third-order valence-electron chi connectivity index (χ3n) is 1.83. The predicted octanol–water partition coefficient (Wildman–Crippen LogP) is 2.13. The smallest absolute Gasteiger partial charge is 0.339 e. The third kappa shape index (κ3) is 2.85. The van der Waals surface area contributed by atoms with Gasteiger partial charge in [0.05, 0.1) is 6.61 Å². The van der Waals surface area contributed by atoms with E-state index in [9.17, 15) is 9.18 Å². The van der Waals surface area contributed by atoms with Crippen molar-refractivity contribution in [3.63, 3.8) is 0 Å². The fourth-order valence-electron chi connectivity index (χ4n) is 1.24. The molecule has 0 unspecified atom stereocenters. The number of hydrogen-bond acceptors (Lipinski definition) is 3. The number of halogens is 1. The van der Waals surface area contributed by atoms with Crippen molar-refractivity contribution in [1.82, 2.24) is 0 Å². The van der Waals surface area contributed by atoms with E-state index in [4.69, 9.17) is 14.6 Å². The summed E-state index contributed by atoms with van der Waals surface area (Å²) in [5.74, 6) is -0.735. The number of ether oxygens (including phenoxy) is 2. The Balaban J connectivity index is 3.07. The fourth-order valence-corrected chi connectivity index (χ4v) is 1.24. The van der Waals surface area contributed by atoms with Crippen LogP contribution in [0.4, 0.5) is 4.39 Å². The van der Waals surface area contributed by atoms with Gasteiger partial charge in [-0.05, 0) is 19.1 Å². The van der Waals surface area contributed by atoms with Crippen molar-refractivity contribution in [2.45, 2.75) is 6.92 Å². The monoisotopic (exact) mass is 228 g/mol. The average molecular weight is 228 g/mol. The number of alkyl halides is 1. The number of benzene rings is 1. The van der Waals surface area contributed by atoms with E-state index in [1.807, 2.05) is 0 Å². The fraction of sp³-hybridized carbons (Fsp3) is 0.364. The molecule has 88 valence electrons. The van der Waals surface area contributed by atoms with E-state index >= 15 is 0 Å². The van der Waals surface area contributed by atoms with Crippen LogP contribution < -0.4 is 9.47 Å². The molecule has 16 heavy (non-hydrogen) atoms. The van der Waals surface area contributed by atoms with Gasteiger partial charge in [0.2, 0.25) is 0 Å². The maximum absolute atomic E-state index is 12.0. The zero-order chi connectivity index (χ0) is 12.0. The van der Waals surface area contributed by atoms with Crippen LogP contribution in [0.25, 0.3) is 0 Å². The van der Waals surface area contributed by atoms with Gasteiger partial charge in [0, 0.05) is 0 Å². The minimum absolute atomic E-state index is 0.0283. The van der Waals surface area contributed by atoms with Gasteiger partial charge in [-0.2, -0.15) is 0 Å². The quantitative estimate of drug-likeness (QED) is 0.810. The zero-order valence-electron chi connectivity index (χ0n) is 8.90. The first-order valence-electron chi connectivity index (χ1n) is 4.88. The van der Waals surface area contributed by atoms with Crippen molar-refractivity contribution in [1.29, 1.82) is 0 Å². The molecule has 0 aliphatic rings. The highest BCUT2D eigenvalue weighted by atomic mass is 19.1. The molecule has 0 spiro atoms. The topological polar surface area (TPSA) is 55.8 Å². The summed E-state index contributed by atoms with van der Waals surface area (Å²) in [5.41, 5.74) is -0.0283. The van der Waals surface area contributed by atoms with Gasteiger partial charge in [0.25, 0.3) is 0 Å². The highest BCUT2D eigenvalue weighted by Gasteiger charge is 2.16. The Kier molecular flexibility index (Phi) is 4.57. The lowest BCUT2D eigenvalue weighted by atomic mass is 10.2. The first-order chi connectivity index (χ1) is 7.70. The van der Waals surface area contributed by atoms with Gasteiger partial charge in [0.15, 0.2) is 11.5 Å². The van der Waals surface area contributed by atoms with Crippen LogP contribution in [0.1, 0.15) is 17.3 Å². The summed E-state index contributed by atoms with van der Waals surface area (Å²) < 4.78 is 22.3. The highest BCUT2D eigenvalue weighted by Crippen LogP contribution is 2.31. The Morgan fingerprint density at radius 3 is 2.75 bits per heavy atom. The molecule has 5 heteroatoms. The maximum Gasteiger partial charge on any atom is 0.339 e. The molecule has 1 aromatic rings. The van der Waals surface area contributed by atoms with Gasteiger partial charge < -0.3 is 14.6 Å². The van der Waals surface area contributed by atoms with Gasteiger partial charge in [-0.25, -0.2) is 9.18 Å². The van der Waals surface area contributed by atoms with Crippen molar-refractivity contribution < 1.29 is 23.8 Å². The van der Waals surface area contributed by atoms with Crippen molar-refractivity contribution >= 4 is 5.97 Å². The molecule has 0 saturated heterocycles. The summed E-state index contributed by atoms with van der Waals surface area (Å²) in [4.78, 5) is 10.9. The van der Waals surface area contributed by atoms with Crippen LogP contribution in [0.5, 0.6) is 11.5 Å². The molecule has 0 saturated carbocycles. The van der Waals surface area contributed by atoms with E-state index in [0.29, 0.717) is 12.4 Å². The predicted molar refractivity (Wildman–Crippen MR) is 56.0 cm³/mol. The van der Waals surface area contributed by atoms with Gasteiger partial charge in [-0.1, -0.05) is 6.07 Å². The first-order valence-corrected chi connectivity index (χ1v) is 4.88. The minimum atomic E-state index is -1.13. The Labute approximate surface area is 92.6 Å². The number of aromatic carboxylic acids is 1. The SMILES string of the molecule is CCOc1cccc(C(=O)O)c1OCCF.